The standard InChI is InChI=1S/C22H25FN4O4S.C17H17FN4O2S.C4H4O4/c1-15-8-9-16(23)11-19(15)27-20(32(29,30)18-7-6-10-24-13-18)12-17(25-27)14-26(5)21(28)31-22(2,3)4;1-12-5-6-13(18)8-16(12)22-17(9-14(21-22)10-19-2)25(23,24)15-4-3-7-20-11-15;5-3(6)1-2-4(7)8/h6-13H,14H2,1-5H3;3-9,11,19H,10H2,1-2H3;1-2H,(H,5,6)(H,7,8)/b;;2-1+. The molecule has 6 aromatic rings. The number of benzene rings is 2. The van der Waals surface area contributed by atoms with Gasteiger partial charge in [-0.1, -0.05) is 12.1 Å². The number of carbonyl (C=O) groups is 3. The fourth-order valence-corrected chi connectivity index (χ4v) is 8.27. The molecule has 0 saturated heterocycles. The van der Waals surface area contributed by atoms with E-state index in [-0.39, 0.29) is 32.1 Å². The number of hydrogen-bond donors (Lipinski definition) is 3. The average Bonchev–Trinajstić information content (AvgIpc) is 3.88. The van der Waals surface area contributed by atoms with E-state index in [0.29, 0.717) is 46.9 Å². The molecule has 344 valence electrons. The Bertz CT molecular complexity index is 2890. The van der Waals surface area contributed by atoms with Gasteiger partial charge < -0.3 is 25.2 Å². The highest BCUT2D eigenvalue weighted by atomic mass is 32.2. The number of ether oxygens (including phenoxy) is 1. The summed E-state index contributed by atoms with van der Waals surface area (Å²) in [5.41, 5.74) is 2.15. The molecule has 2 aromatic carbocycles. The molecule has 65 heavy (non-hydrogen) atoms. The Morgan fingerprint density at radius 2 is 1.17 bits per heavy atom. The molecule has 0 unspecified atom stereocenters. The number of pyridine rings is 2. The summed E-state index contributed by atoms with van der Waals surface area (Å²) in [6, 6.07) is 17.0. The van der Waals surface area contributed by atoms with Gasteiger partial charge in [-0.15, -0.1) is 0 Å². The van der Waals surface area contributed by atoms with E-state index in [1.807, 2.05) is 0 Å². The molecule has 0 spiro atoms. The Morgan fingerprint density at radius 3 is 1.55 bits per heavy atom. The van der Waals surface area contributed by atoms with Crippen LogP contribution < -0.4 is 5.32 Å². The van der Waals surface area contributed by atoms with Crippen molar-refractivity contribution in [2.75, 3.05) is 14.1 Å². The largest absolute Gasteiger partial charge is 0.478 e. The Morgan fingerprint density at radius 1 is 0.738 bits per heavy atom. The van der Waals surface area contributed by atoms with E-state index in [4.69, 9.17) is 14.9 Å². The first kappa shape index (κ1) is 50.5. The van der Waals surface area contributed by atoms with Crippen LogP contribution in [0.4, 0.5) is 13.6 Å². The van der Waals surface area contributed by atoms with Gasteiger partial charge in [-0.25, -0.2) is 49.4 Å². The summed E-state index contributed by atoms with van der Waals surface area (Å²) in [7, 11) is -4.63. The fourth-order valence-electron chi connectivity index (χ4n) is 5.56. The monoisotopic (exact) mass is 936 g/mol. The van der Waals surface area contributed by atoms with Crippen LogP contribution >= 0.6 is 0 Å². The third kappa shape index (κ3) is 13.7. The molecule has 3 N–H and O–H groups in total. The van der Waals surface area contributed by atoms with E-state index in [2.05, 4.69) is 25.5 Å². The van der Waals surface area contributed by atoms with Gasteiger partial charge in [0.2, 0.25) is 19.7 Å². The van der Waals surface area contributed by atoms with Crippen molar-refractivity contribution in [3.63, 3.8) is 0 Å². The molecule has 0 aliphatic carbocycles. The lowest BCUT2D eigenvalue weighted by Crippen LogP contribution is -2.33. The summed E-state index contributed by atoms with van der Waals surface area (Å²) in [5, 5.41) is 27.1. The molecule has 0 atom stereocenters. The molecule has 0 saturated carbocycles. The summed E-state index contributed by atoms with van der Waals surface area (Å²) in [4.78, 5) is 40.5. The van der Waals surface area contributed by atoms with Gasteiger partial charge in [0, 0.05) is 62.7 Å². The fraction of sp³-hybridized carbons (Fsp3) is 0.233. The van der Waals surface area contributed by atoms with Crippen LogP contribution in [-0.2, 0) is 47.1 Å². The number of carboxylic acids is 2. The summed E-state index contributed by atoms with van der Waals surface area (Å²) in [6.07, 6.45) is 6.02. The minimum atomic E-state index is -4.03. The summed E-state index contributed by atoms with van der Waals surface area (Å²) < 4.78 is 88.3. The molecule has 0 fully saturated rings. The normalized spacial score (nSPS) is 11.5. The first-order valence-corrected chi connectivity index (χ1v) is 22.1. The number of aromatic nitrogens is 6. The van der Waals surface area contributed by atoms with Crippen LogP contribution in [-0.4, -0.2) is 99.2 Å². The SMILES string of the molecule is CNCc1cc(S(=O)(=O)c2cccnc2)n(-c2cc(F)ccc2C)n1.Cc1ccc(F)cc1-n1nc(CN(C)C(=O)OC(C)(C)C)cc1S(=O)(=O)c1cccnc1.O=C(O)/C=C/C(=O)O. The predicted octanol–water partition coefficient (Wildman–Crippen LogP) is 5.89. The van der Waals surface area contributed by atoms with Crippen molar-refractivity contribution in [2.45, 2.75) is 73.2 Å². The van der Waals surface area contributed by atoms with Crippen LogP contribution in [0.3, 0.4) is 0 Å². The van der Waals surface area contributed by atoms with E-state index in [0.717, 1.165) is 0 Å². The highest BCUT2D eigenvalue weighted by molar-refractivity contribution is 7.91. The first-order valence-electron chi connectivity index (χ1n) is 19.2. The van der Waals surface area contributed by atoms with Crippen LogP contribution in [0.25, 0.3) is 11.4 Å². The maximum absolute atomic E-state index is 14.0. The second kappa shape index (κ2) is 21.5. The number of nitrogens with one attached hydrogen (secondary N) is 1. The van der Waals surface area contributed by atoms with Crippen LogP contribution in [0.2, 0.25) is 0 Å². The van der Waals surface area contributed by atoms with Gasteiger partial charge >= 0.3 is 18.0 Å². The average molecular weight is 937 g/mol. The Balaban J connectivity index is 0.000000249. The van der Waals surface area contributed by atoms with Crippen LogP contribution in [0.1, 0.15) is 43.3 Å². The minimum Gasteiger partial charge on any atom is -0.478 e. The van der Waals surface area contributed by atoms with Crippen LogP contribution in [0.5, 0.6) is 0 Å². The zero-order valence-electron chi connectivity index (χ0n) is 36.2. The maximum Gasteiger partial charge on any atom is 0.410 e. The molecule has 6 rings (SSSR count). The molecular weight excluding hydrogens is 891 g/mol. The zero-order chi connectivity index (χ0) is 48.3. The Hall–Kier alpha value is -7.17. The molecule has 1 amide bonds. The van der Waals surface area contributed by atoms with Crippen molar-refractivity contribution in [3.05, 3.63) is 144 Å². The number of rotatable bonds is 12. The van der Waals surface area contributed by atoms with Gasteiger partial charge in [0.25, 0.3) is 0 Å². The van der Waals surface area contributed by atoms with Gasteiger partial charge in [0.05, 0.1) is 39.1 Å². The highest BCUT2D eigenvalue weighted by Crippen LogP contribution is 2.28. The van der Waals surface area contributed by atoms with Crippen molar-refractivity contribution in [1.29, 1.82) is 0 Å². The number of hydrogen-bond acceptors (Lipinski definition) is 13. The number of aryl methyl sites for hydroxylation is 2. The summed E-state index contributed by atoms with van der Waals surface area (Å²) >= 11 is 0. The molecule has 18 nitrogen and oxygen atoms in total. The Kier molecular flexibility index (Phi) is 16.7. The molecule has 0 radical (unpaired) electrons. The van der Waals surface area contributed by atoms with E-state index in [1.165, 1.54) is 101 Å². The number of halogens is 2. The molecule has 0 aliphatic heterocycles. The van der Waals surface area contributed by atoms with Gasteiger partial charge in [0.15, 0.2) is 10.1 Å². The van der Waals surface area contributed by atoms with Crippen molar-refractivity contribution in [2.24, 2.45) is 0 Å². The van der Waals surface area contributed by atoms with Crippen molar-refractivity contribution in [1.82, 2.24) is 39.7 Å². The summed E-state index contributed by atoms with van der Waals surface area (Å²) in [5.74, 6) is -3.51. The van der Waals surface area contributed by atoms with Crippen molar-refractivity contribution >= 4 is 37.7 Å². The van der Waals surface area contributed by atoms with Gasteiger partial charge in [-0.3, -0.25) is 9.97 Å². The number of carbonyl (C=O) groups excluding carboxylic acids is 1. The number of sulfone groups is 2. The lowest BCUT2D eigenvalue weighted by atomic mass is 10.2. The van der Waals surface area contributed by atoms with Crippen molar-refractivity contribution in [3.8, 4) is 11.4 Å². The summed E-state index contributed by atoms with van der Waals surface area (Å²) in [6.45, 7) is 9.12. The topological polar surface area (TPSA) is 246 Å². The molecule has 4 heterocycles. The highest BCUT2D eigenvalue weighted by Gasteiger charge is 2.29. The van der Waals surface area contributed by atoms with E-state index >= 15 is 0 Å². The quantitative estimate of drug-likeness (QED) is 0.121. The number of nitrogens with zero attached hydrogens (tertiary/aromatic N) is 7. The Labute approximate surface area is 373 Å². The minimum absolute atomic E-state index is 0.00810. The molecule has 0 bridgehead atoms. The van der Waals surface area contributed by atoms with E-state index in [9.17, 15) is 40.0 Å². The maximum atomic E-state index is 14.0. The zero-order valence-corrected chi connectivity index (χ0v) is 37.8. The predicted molar refractivity (Wildman–Crippen MR) is 231 cm³/mol. The van der Waals surface area contributed by atoms with Gasteiger partial charge in [0.1, 0.15) is 17.2 Å². The van der Waals surface area contributed by atoms with Crippen molar-refractivity contribution < 1.29 is 54.9 Å². The van der Waals surface area contributed by atoms with Crippen LogP contribution in [0.15, 0.2) is 130 Å². The molecular formula is C43H46F2N8O10S2. The second-order valence-electron chi connectivity index (χ2n) is 14.9. The molecule has 4 aromatic heterocycles. The first-order chi connectivity index (χ1) is 30.4. The molecule has 0 aliphatic rings. The van der Waals surface area contributed by atoms with Gasteiger partial charge in [-0.05, 0) is 101 Å². The number of amides is 1. The second-order valence-corrected chi connectivity index (χ2v) is 18.7. The smallest absolute Gasteiger partial charge is 0.410 e. The third-order valence-electron chi connectivity index (χ3n) is 8.52. The third-order valence-corrected chi connectivity index (χ3v) is 11.9. The van der Waals surface area contributed by atoms with Crippen LogP contribution in [0, 0.1) is 25.5 Å². The van der Waals surface area contributed by atoms with E-state index < -0.39 is 54.9 Å². The molecule has 22 heteroatoms. The van der Waals surface area contributed by atoms with Gasteiger partial charge in [-0.2, -0.15) is 10.2 Å². The van der Waals surface area contributed by atoms with E-state index in [1.54, 1.807) is 59.9 Å². The lowest BCUT2D eigenvalue weighted by Gasteiger charge is -2.24. The number of aliphatic carboxylic acids is 2. The number of carboxylic acid groups (broad SMARTS) is 2. The lowest BCUT2D eigenvalue weighted by molar-refractivity contribution is -0.134.